The first-order chi connectivity index (χ1) is 12.1. The molecule has 0 spiro atoms. The molecule has 5 heteroatoms. The fourth-order valence-electron chi connectivity index (χ4n) is 3.58. The summed E-state index contributed by atoms with van der Waals surface area (Å²) >= 11 is 0. The number of rotatable bonds is 4. The number of nitrogens with one attached hydrogen (secondary N) is 1. The highest BCUT2D eigenvalue weighted by Crippen LogP contribution is 2.20. The second-order valence-electron chi connectivity index (χ2n) is 6.76. The van der Waals surface area contributed by atoms with E-state index >= 15 is 0 Å². The molecule has 1 aromatic heterocycles. The number of hydrogen-bond donors (Lipinski definition) is 1. The molecule has 1 fully saturated rings. The minimum absolute atomic E-state index is 0.171. The summed E-state index contributed by atoms with van der Waals surface area (Å²) in [6.07, 6.45) is 8.35. The maximum atomic E-state index is 12.9. The van der Waals surface area contributed by atoms with Crippen LogP contribution >= 0.6 is 0 Å². The molecule has 1 aliphatic rings. The van der Waals surface area contributed by atoms with Crippen LogP contribution in [0.5, 0.6) is 5.75 Å². The van der Waals surface area contributed by atoms with Crippen molar-refractivity contribution in [1.29, 1.82) is 0 Å². The first-order valence-electron chi connectivity index (χ1n) is 9.17. The summed E-state index contributed by atoms with van der Waals surface area (Å²) in [5.74, 6) is 0.379. The molecule has 1 heterocycles. The molecule has 0 bridgehead atoms. The molecular formula is C20H26N2O3. The lowest BCUT2D eigenvalue weighted by Crippen LogP contribution is -2.37. The third-order valence-corrected chi connectivity index (χ3v) is 4.91. The van der Waals surface area contributed by atoms with E-state index < -0.39 is 0 Å². The van der Waals surface area contributed by atoms with Gasteiger partial charge in [0.2, 0.25) is 5.43 Å². The zero-order valence-corrected chi connectivity index (χ0v) is 15.0. The van der Waals surface area contributed by atoms with Gasteiger partial charge in [0, 0.05) is 19.3 Å². The van der Waals surface area contributed by atoms with Gasteiger partial charge in [0.25, 0.3) is 5.91 Å². The third kappa shape index (κ3) is 3.86. The van der Waals surface area contributed by atoms with Crippen LogP contribution in [0.3, 0.4) is 0 Å². The van der Waals surface area contributed by atoms with Crippen LogP contribution in [-0.4, -0.2) is 23.1 Å². The van der Waals surface area contributed by atoms with Gasteiger partial charge >= 0.3 is 0 Å². The normalized spacial score (nSPS) is 15.8. The van der Waals surface area contributed by atoms with Crippen LogP contribution in [0.25, 0.3) is 10.9 Å². The van der Waals surface area contributed by atoms with Crippen LogP contribution < -0.4 is 15.5 Å². The highest BCUT2D eigenvalue weighted by molar-refractivity contribution is 5.97. The SMILES string of the molecule is CCOc1ccc2c(c1)c(=O)c(C(=O)NC1CCCCCC1)cn2C. The number of aryl methyl sites for hydroxylation is 1. The van der Waals surface area contributed by atoms with E-state index in [-0.39, 0.29) is 22.9 Å². The predicted molar refractivity (Wildman–Crippen MR) is 99.3 cm³/mol. The molecule has 134 valence electrons. The van der Waals surface area contributed by atoms with Gasteiger partial charge < -0.3 is 14.6 Å². The minimum Gasteiger partial charge on any atom is -0.494 e. The van der Waals surface area contributed by atoms with E-state index in [0.29, 0.717) is 17.7 Å². The van der Waals surface area contributed by atoms with Crippen molar-refractivity contribution in [2.75, 3.05) is 6.61 Å². The number of aromatic nitrogens is 1. The molecule has 25 heavy (non-hydrogen) atoms. The Bertz CT molecular complexity index is 818. The number of carbonyl (C=O) groups excluding carboxylic acids is 1. The van der Waals surface area contributed by atoms with E-state index in [1.54, 1.807) is 12.3 Å². The quantitative estimate of drug-likeness (QED) is 0.867. The van der Waals surface area contributed by atoms with Crippen molar-refractivity contribution in [3.05, 3.63) is 40.2 Å². The lowest BCUT2D eigenvalue weighted by molar-refractivity contribution is 0.0932. The highest BCUT2D eigenvalue weighted by Gasteiger charge is 2.19. The summed E-state index contributed by atoms with van der Waals surface area (Å²) in [6, 6.07) is 5.60. The molecule has 1 N–H and O–H groups in total. The number of nitrogens with zero attached hydrogens (tertiary/aromatic N) is 1. The van der Waals surface area contributed by atoms with Crippen molar-refractivity contribution >= 4 is 16.8 Å². The van der Waals surface area contributed by atoms with Crippen molar-refractivity contribution in [1.82, 2.24) is 9.88 Å². The summed E-state index contributed by atoms with van der Waals surface area (Å²) in [6.45, 7) is 2.44. The molecule has 0 radical (unpaired) electrons. The summed E-state index contributed by atoms with van der Waals surface area (Å²) in [4.78, 5) is 25.6. The fraction of sp³-hybridized carbons (Fsp3) is 0.500. The maximum absolute atomic E-state index is 12.9. The maximum Gasteiger partial charge on any atom is 0.256 e. The molecule has 0 unspecified atom stereocenters. The summed E-state index contributed by atoms with van der Waals surface area (Å²) in [7, 11) is 1.85. The average Bonchev–Trinajstić information content (AvgIpc) is 2.87. The molecule has 3 rings (SSSR count). The number of ether oxygens (including phenoxy) is 1. The molecule has 2 aromatic rings. The van der Waals surface area contributed by atoms with Gasteiger partial charge in [-0.15, -0.1) is 0 Å². The molecular weight excluding hydrogens is 316 g/mol. The first kappa shape index (κ1) is 17.5. The van der Waals surface area contributed by atoms with Crippen LogP contribution in [0, 0.1) is 0 Å². The fourth-order valence-corrected chi connectivity index (χ4v) is 3.58. The Morgan fingerprint density at radius 3 is 2.64 bits per heavy atom. The molecule has 0 saturated heterocycles. The van der Waals surface area contributed by atoms with Gasteiger partial charge in [-0.3, -0.25) is 9.59 Å². The van der Waals surface area contributed by atoms with E-state index in [0.717, 1.165) is 31.2 Å². The van der Waals surface area contributed by atoms with Crippen LogP contribution in [-0.2, 0) is 7.05 Å². The summed E-state index contributed by atoms with van der Waals surface area (Å²) in [5.41, 5.74) is 0.758. The van der Waals surface area contributed by atoms with Gasteiger partial charge in [0.15, 0.2) is 0 Å². The molecule has 1 saturated carbocycles. The number of fused-ring (bicyclic) bond motifs is 1. The second-order valence-corrected chi connectivity index (χ2v) is 6.76. The monoisotopic (exact) mass is 342 g/mol. The average molecular weight is 342 g/mol. The van der Waals surface area contributed by atoms with Gasteiger partial charge in [-0.25, -0.2) is 0 Å². The van der Waals surface area contributed by atoms with Crippen LogP contribution in [0.1, 0.15) is 55.8 Å². The van der Waals surface area contributed by atoms with Gasteiger partial charge in [0.05, 0.1) is 17.5 Å². The largest absolute Gasteiger partial charge is 0.494 e. The number of carbonyl (C=O) groups is 1. The summed E-state index contributed by atoms with van der Waals surface area (Å²) < 4.78 is 7.32. The van der Waals surface area contributed by atoms with Gasteiger partial charge in [-0.05, 0) is 38.0 Å². The van der Waals surface area contributed by atoms with Crippen molar-refractivity contribution in [3.63, 3.8) is 0 Å². The number of benzene rings is 1. The van der Waals surface area contributed by atoms with E-state index in [4.69, 9.17) is 4.74 Å². The summed E-state index contributed by atoms with van der Waals surface area (Å²) in [5, 5.41) is 3.58. The first-order valence-corrected chi connectivity index (χ1v) is 9.17. The number of pyridine rings is 1. The lowest BCUT2D eigenvalue weighted by atomic mass is 10.1. The number of hydrogen-bond acceptors (Lipinski definition) is 3. The van der Waals surface area contributed by atoms with Crippen molar-refractivity contribution in [2.45, 2.75) is 51.5 Å². The smallest absolute Gasteiger partial charge is 0.256 e. The van der Waals surface area contributed by atoms with E-state index in [1.165, 1.54) is 12.8 Å². The Labute approximate surface area is 148 Å². The standard InChI is InChI=1S/C20H26N2O3/c1-3-25-15-10-11-18-16(12-15)19(23)17(13-22(18)2)20(24)21-14-8-6-4-5-7-9-14/h10-14H,3-9H2,1-2H3,(H,21,24). The van der Waals surface area contributed by atoms with Crippen molar-refractivity contribution in [3.8, 4) is 5.75 Å². The van der Waals surface area contributed by atoms with E-state index in [1.807, 2.05) is 30.7 Å². The lowest BCUT2D eigenvalue weighted by Gasteiger charge is -2.17. The Morgan fingerprint density at radius 2 is 1.96 bits per heavy atom. The predicted octanol–water partition coefficient (Wildman–Crippen LogP) is 3.39. The molecule has 1 aliphatic carbocycles. The molecule has 0 aliphatic heterocycles. The highest BCUT2D eigenvalue weighted by atomic mass is 16.5. The Kier molecular flexibility index (Phi) is 5.41. The minimum atomic E-state index is -0.267. The van der Waals surface area contributed by atoms with E-state index in [2.05, 4.69) is 5.32 Å². The Morgan fingerprint density at radius 1 is 1.24 bits per heavy atom. The third-order valence-electron chi connectivity index (χ3n) is 4.91. The van der Waals surface area contributed by atoms with Gasteiger partial charge in [-0.2, -0.15) is 0 Å². The van der Waals surface area contributed by atoms with Gasteiger partial charge in [0.1, 0.15) is 11.3 Å². The van der Waals surface area contributed by atoms with Crippen LogP contribution in [0.2, 0.25) is 0 Å². The molecule has 0 atom stereocenters. The van der Waals surface area contributed by atoms with Gasteiger partial charge in [-0.1, -0.05) is 25.7 Å². The molecule has 5 nitrogen and oxygen atoms in total. The Hall–Kier alpha value is -2.30. The zero-order valence-electron chi connectivity index (χ0n) is 15.0. The molecule has 1 aromatic carbocycles. The Balaban J connectivity index is 1.93. The van der Waals surface area contributed by atoms with Crippen molar-refractivity contribution < 1.29 is 9.53 Å². The second kappa shape index (κ2) is 7.72. The van der Waals surface area contributed by atoms with Crippen LogP contribution in [0.4, 0.5) is 0 Å². The molecule has 1 amide bonds. The van der Waals surface area contributed by atoms with Crippen molar-refractivity contribution in [2.24, 2.45) is 7.05 Å². The topological polar surface area (TPSA) is 60.3 Å². The zero-order chi connectivity index (χ0) is 17.8. The number of amides is 1. The van der Waals surface area contributed by atoms with Crippen LogP contribution in [0.15, 0.2) is 29.2 Å². The van der Waals surface area contributed by atoms with E-state index in [9.17, 15) is 9.59 Å².